The zero-order chi connectivity index (χ0) is 14.9. The van der Waals surface area contributed by atoms with Crippen molar-refractivity contribution < 1.29 is 13.2 Å². The minimum Gasteiger partial charge on any atom is -0.166 e. The molecule has 0 aliphatic carbocycles. The lowest BCUT2D eigenvalue weighted by Gasteiger charge is -2.13. The molecular formula is C17H17F3. The molecular weight excluding hydrogens is 261 g/mol. The summed E-state index contributed by atoms with van der Waals surface area (Å²) in [6.07, 6.45) is -4.28. The molecule has 0 aliphatic heterocycles. The summed E-state index contributed by atoms with van der Waals surface area (Å²) in [5.74, 6) is 0.393. The van der Waals surface area contributed by atoms with Crippen molar-refractivity contribution in [2.24, 2.45) is 0 Å². The highest BCUT2D eigenvalue weighted by Crippen LogP contribution is 2.32. The van der Waals surface area contributed by atoms with Gasteiger partial charge in [-0.1, -0.05) is 44.2 Å². The van der Waals surface area contributed by atoms with Crippen molar-refractivity contribution in [3.05, 3.63) is 59.2 Å². The van der Waals surface area contributed by atoms with Gasteiger partial charge in [0.15, 0.2) is 0 Å². The van der Waals surface area contributed by atoms with Crippen LogP contribution in [0, 0.1) is 6.92 Å². The smallest absolute Gasteiger partial charge is 0.166 e. The Morgan fingerprint density at radius 3 is 1.90 bits per heavy atom. The van der Waals surface area contributed by atoms with Crippen molar-refractivity contribution in [1.82, 2.24) is 0 Å². The number of hydrogen-bond acceptors (Lipinski definition) is 0. The van der Waals surface area contributed by atoms with Gasteiger partial charge in [0.2, 0.25) is 0 Å². The van der Waals surface area contributed by atoms with Crippen molar-refractivity contribution in [2.75, 3.05) is 0 Å². The summed E-state index contributed by atoms with van der Waals surface area (Å²) in [5, 5.41) is 0. The molecule has 0 saturated carbocycles. The molecule has 0 nitrogen and oxygen atoms in total. The first-order valence-corrected chi connectivity index (χ1v) is 6.57. The largest absolute Gasteiger partial charge is 0.416 e. The number of benzene rings is 2. The second-order valence-electron chi connectivity index (χ2n) is 5.30. The van der Waals surface area contributed by atoms with Crippen LogP contribution in [-0.2, 0) is 6.18 Å². The lowest BCUT2D eigenvalue weighted by molar-refractivity contribution is -0.137. The Balaban J connectivity index is 2.40. The van der Waals surface area contributed by atoms with Crippen LogP contribution in [0.25, 0.3) is 11.1 Å². The van der Waals surface area contributed by atoms with Crippen molar-refractivity contribution in [2.45, 2.75) is 32.9 Å². The van der Waals surface area contributed by atoms with Crippen LogP contribution in [0.15, 0.2) is 42.5 Å². The van der Waals surface area contributed by atoms with Crippen LogP contribution < -0.4 is 0 Å². The number of halogens is 3. The van der Waals surface area contributed by atoms with E-state index in [2.05, 4.69) is 19.9 Å². The molecule has 0 unspecified atom stereocenters. The summed E-state index contributed by atoms with van der Waals surface area (Å²) in [5.41, 5.74) is 3.57. The molecule has 2 aromatic carbocycles. The van der Waals surface area contributed by atoms with E-state index in [1.54, 1.807) is 0 Å². The number of hydrogen-bond donors (Lipinski definition) is 0. The molecule has 0 saturated heterocycles. The Morgan fingerprint density at radius 2 is 1.40 bits per heavy atom. The Hall–Kier alpha value is -1.77. The fraction of sp³-hybridized carbons (Fsp3) is 0.294. The van der Waals surface area contributed by atoms with Crippen molar-refractivity contribution >= 4 is 0 Å². The maximum absolute atomic E-state index is 12.5. The number of rotatable bonds is 2. The third kappa shape index (κ3) is 3.03. The maximum atomic E-state index is 12.5. The second kappa shape index (κ2) is 5.31. The highest BCUT2D eigenvalue weighted by atomic mass is 19.4. The van der Waals surface area contributed by atoms with Crippen LogP contribution in [0.2, 0.25) is 0 Å². The first kappa shape index (κ1) is 14.6. The van der Waals surface area contributed by atoms with Crippen molar-refractivity contribution in [1.29, 1.82) is 0 Å². The van der Waals surface area contributed by atoms with Gasteiger partial charge in [0, 0.05) is 0 Å². The predicted octanol–water partition coefficient (Wildman–Crippen LogP) is 5.80. The van der Waals surface area contributed by atoms with Crippen LogP contribution in [0.3, 0.4) is 0 Å². The fourth-order valence-electron chi connectivity index (χ4n) is 2.29. The van der Waals surface area contributed by atoms with Gasteiger partial charge in [-0.05, 0) is 47.2 Å². The van der Waals surface area contributed by atoms with Crippen molar-refractivity contribution in [3.8, 4) is 11.1 Å². The molecule has 0 bridgehead atoms. The molecule has 20 heavy (non-hydrogen) atoms. The lowest BCUT2D eigenvalue weighted by atomic mass is 9.93. The van der Waals surface area contributed by atoms with Gasteiger partial charge in [-0.25, -0.2) is 0 Å². The first-order valence-electron chi connectivity index (χ1n) is 6.57. The van der Waals surface area contributed by atoms with Gasteiger partial charge in [-0.2, -0.15) is 13.2 Å². The van der Waals surface area contributed by atoms with E-state index in [0.29, 0.717) is 5.92 Å². The molecule has 3 heteroatoms. The molecule has 0 heterocycles. The standard InChI is InChI=1S/C17H17F3/c1-11(2)16-10-14(5-4-12(16)3)13-6-8-15(9-7-13)17(18,19)20/h4-11H,1-3H3. The van der Waals surface area contributed by atoms with Crippen LogP contribution in [0.1, 0.15) is 36.5 Å². The first-order chi connectivity index (χ1) is 9.29. The molecule has 0 amide bonds. The van der Waals surface area contributed by atoms with Gasteiger partial charge in [0.1, 0.15) is 0 Å². The fourth-order valence-corrected chi connectivity index (χ4v) is 2.29. The minimum absolute atomic E-state index is 0.393. The average Bonchev–Trinajstić information content (AvgIpc) is 2.38. The molecule has 0 aliphatic rings. The molecule has 0 spiro atoms. The van der Waals surface area contributed by atoms with E-state index in [4.69, 9.17) is 0 Å². The summed E-state index contributed by atoms with van der Waals surface area (Å²) >= 11 is 0. The molecule has 0 fully saturated rings. The van der Waals surface area contributed by atoms with Gasteiger partial charge >= 0.3 is 6.18 Å². The van der Waals surface area contributed by atoms with E-state index in [1.807, 2.05) is 19.1 Å². The van der Waals surface area contributed by atoms with Crippen molar-refractivity contribution in [3.63, 3.8) is 0 Å². The topological polar surface area (TPSA) is 0 Å². The van der Waals surface area contributed by atoms with E-state index in [1.165, 1.54) is 23.3 Å². The summed E-state index contributed by atoms with van der Waals surface area (Å²) in [6, 6.07) is 11.3. The van der Waals surface area contributed by atoms with E-state index in [0.717, 1.165) is 23.3 Å². The van der Waals surface area contributed by atoms with E-state index < -0.39 is 11.7 Å². The monoisotopic (exact) mass is 278 g/mol. The molecule has 0 N–H and O–H groups in total. The summed E-state index contributed by atoms with van der Waals surface area (Å²) in [7, 11) is 0. The third-order valence-electron chi connectivity index (χ3n) is 3.45. The summed E-state index contributed by atoms with van der Waals surface area (Å²) < 4.78 is 37.6. The zero-order valence-corrected chi connectivity index (χ0v) is 11.8. The molecule has 2 aromatic rings. The van der Waals surface area contributed by atoms with Gasteiger partial charge in [0.05, 0.1) is 5.56 Å². The average molecular weight is 278 g/mol. The van der Waals surface area contributed by atoms with E-state index in [9.17, 15) is 13.2 Å². The van der Waals surface area contributed by atoms with E-state index in [-0.39, 0.29) is 0 Å². The van der Waals surface area contributed by atoms with Crippen LogP contribution in [-0.4, -0.2) is 0 Å². The highest BCUT2D eigenvalue weighted by Gasteiger charge is 2.29. The molecule has 2 rings (SSSR count). The third-order valence-corrected chi connectivity index (χ3v) is 3.45. The molecule has 0 radical (unpaired) electrons. The second-order valence-corrected chi connectivity index (χ2v) is 5.30. The van der Waals surface area contributed by atoms with Gasteiger partial charge in [-0.15, -0.1) is 0 Å². The Labute approximate surface area is 117 Å². The Morgan fingerprint density at radius 1 is 0.850 bits per heavy atom. The number of aryl methyl sites for hydroxylation is 1. The quantitative estimate of drug-likeness (QED) is 0.650. The van der Waals surface area contributed by atoms with Gasteiger partial charge in [0.25, 0.3) is 0 Å². The summed E-state index contributed by atoms with van der Waals surface area (Å²) in [6.45, 7) is 6.27. The Bertz CT molecular complexity index is 593. The zero-order valence-electron chi connectivity index (χ0n) is 11.8. The van der Waals surface area contributed by atoms with Crippen LogP contribution in [0.5, 0.6) is 0 Å². The van der Waals surface area contributed by atoms with Gasteiger partial charge < -0.3 is 0 Å². The SMILES string of the molecule is Cc1ccc(-c2ccc(C(F)(F)F)cc2)cc1C(C)C. The van der Waals surface area contributed by atoms with Crippen LogP contribution >= 0.6 is 0 Å². The normalized spacial score (nSPS) is 11.9. The molecule has 106 valence electrons. The van der Waals surface area contributed by atoms with E-state index >= 15 is 0 Å². The summed E-state index contributed by atoms with van der Waals surface area (Å²) in [4.78, 5) is 0. The van der Waals surface area contributed by atoms with Gasteiger partial charge in [-0.3, -0.25) is 0 Å². The molecule has 0 aromatic heterocycles. The lowest BCUT2D eigenvalue weighted by Crippen LogP contribution is -2.04. The van der Waals surface area contributed by atoms with Crippen LogP contribution in [0.4, 0.5) is 13.2 Å². The molecule has 0 atom stereocenters. The minimum atomic E-state index is -4.28. The Kier molecular flexibility index (Phi) is 3.89. The maximum Gasteiger partial charge on any atom is 0.416 e. The highest BCUT2D eigenvalue weighted by molar-refractivity contribution is 5.65. The number of alkyl halides is 3. The predicted molar refractivity (Wildman–Crippen MR) is 75.7 cm³/mol.